The molecule has 148 valence electrons. The predicted octanol–water partition coefficient (Wildman–Crippen LogP) is 4.27. The fourth-order valence-corrected chi connectivity index (χ4v) is 3.93. The number of halogens is 1. The van der Waals surface area contributed by atoms with Crippen molar-refractivity contribution in [1.29, 1.82) is 0 Å². The molecule has 0 unspecified atom stereocenters. The van der Waals surface area contributed by atoms with Crippen molar-refractivity contribution in [2.24, 2.45) is 0 Å². The van der Waals surface area contributed by atoms with E-state index in [0.29, 0.717) is 11.9 Å². The third-order valence-electron chi connectivity index (χ3n) is 5.46. The monoisotopic (exact) mass is 382 g/mol. The predicted molar refractivity (Wildman–Crippen MR) is 110 cm³/mol. The molecule has 1 fully saturated rings. The van der Waals surface area contributed by atoms with Gasteiger partial charge in [0.2, 0.25) is 0 Å². The topological polar surface area (TPSA) is 78.5 Å². The van der Waals surface area contributed by atoms with E-state index in [-0.39, 0.29) is 11.9 Å². The Hall–Kier alpha value is -2.54. The molecule has 6 nitrogen and oxygen atoms in total. The molecule has 0 aliphatic heterocycles. The first-order valence-electron chi connectivity index (χ1n) is 10.2. The Morgan fingerprint density at radius 2 is 2.07 bits per heavy atom. The van der Waals surface area contributed by atoms with Crippen molar-refractivity contribution in [1.82, 2.24) is 25.3 Å². The summed E-state index contributed by atoms with van der Waals surface area (Å²) in [4.78, 5) is 16.2. The van der Waals surface area contributed by atoms with Crippen LogP contribution in [0.1, 0.15) is 45.4 Å². The summed E-state index contributed by atoms with van der Waals surface area (Å²) in [5.41, 5.74) is 1.60. The average Bonchev–Trinajstić information content (AvgIpc) is 3.15. The number of nitrogens with one attached hydrogen (secondary N) is 3. The molecular weight excluding hydrogens is 355 g/mol. The maximum absolute atomic E-state index is 14.5. The van der Waals surface area contributed by atoms with Crippen LogP contribution in [0.15, 0.2) is 30.7 Å². The van der Waals surface area contributed by atoms with Gasteiger partial charge in [0.05, 0.1) is 6.20 Å². The highest BCUT2D eigenvalue weighted by Gasteiger charge is 2.26. The standard InChI is InChI=1S/C21H27FN6/c1-2-3-10-23-17-8-4-5-9-18(17)27-21-16(22)13-26-20(28-21)15-12-25-19-14(15)7-6-11-24-19/h6-7,11-13,17-18,23H,2-5,8-10H2,1H3,(H,24,25)(H,26,27,28)/t17-,18+/m1/s1. The van der Waals surface area contributed by atoms with Crippen molar-refractivity contribution < 1.29 is 4.39 Å². The van der Waals surface area contributed by atoms with Crippen LogP contribution in [0.4, 0.5) is 10.2 Å². The maximum atomic E-state index is 14.5. The third kappa shape index (κ3) is 3.99. The van der Waals surface area contributed by atoms with Crippen molar-refractivity contribution in [2.45, 2.75) is 57.5 Å². The molecule has 3 aromatic rings. The summed E-state index contributed by atoms with van der Waals surface area (Å²) in [5.74, 6) is 0.353. The highest BCUT2D eigenvalue weighted by Crippen LogP contribution is 2.27. The Labute approximate surface area is 164 Å². The minimum atomic E-state index is -0.417. The first-order valence-corrected chi connectivity index (χ1v) is 10.2. The van der Waals surface area contributed by atoms with Gasteiger partial charge in [0.25, 0.3) is 0 Å². The number of pyridine rings is 1. The molecule has 3 aromatic heterocycles. The SMILES string of the molecule is CCCCN[C@@H]1CCCC[C@@H]1Nc1nc(-c2c[nH]c3ncccc23)ncc1F. The van der Waals surface area contributed by atoms with Gasteiger partial charge in [-0.1, -0.05) is 26.2 Å². The molecule has 0 aromatic carbocycles. The van der Waals surface area contributed by atoms with Crippen LogP contribution in [0.2, 0.25) is 0 Å². The molecule has 1 aliphatic rings. The zero-order chi connectivity index (χ0) is 19.3. The maximum Gasteiger partial charge on any atom is 0.183 e. The van der Waals surface area contributed by atoms with E-state index in [1.165, 1.54) is 19.0 Å². The largest absolute Gasteiger partial charge is 0.363 e. The molecule has 1 aliphatic carbocycles. The number of aromatic amines is 1. The van der Waals surface area contributed by atoms with E-state index in [9.17, 15) is 4.39 Å². The minimum Gasteiger partial charge on any atom is -0.363 e. The van der Waals surface area contributed by atoms with Crippen LogP contribution in [-0.4, -0.2) is 38.6 Å². The van der Waals surface area contributed by atoms with Crippen LogP contribution in [-0.2, 0) is 0 Å². The fraction of sp³-hybridized carbons (Fsp3) is 0.476. The normalized spacial score (nSPS) is 19.8. The van der Waals surface area contributed by atoms with Gasteiger partial charge in [-0.25, -0.2) is 19.3 Å². The molecule has 0 spiro atoms. The van der Waals surface area contributed by atoms with Gasteiger partial charge in [-0.2, -0.15) is 0 Å². The van der Waals surface area contributed by atoms with E-state index in [4.69, 9.17) is 0 Å². The lowest BCUT2D eigenvalue weighted by molar-refractivity contribution is 0.341. The van der Waals surface area contributed by atoms with Crippen LogP contribution in [0.5, 0.6) is 0 Å². The number of aromatic nitrogens is 4. The van der Waals surface area contributed by atoms with Crippen molar-refractivity contribution in [3.8, 4) is 11.4 Å². The average molecular weight is 382 g/mol. The Morgan fingerprint density at radius 3 is 2.93 bits per heavy atom. The first kappa shape index (κ1) is 18.8. The van der Waals surface area contributed by atoms with Gasteiger partial charge >= 0.3 is 0 Å². The Morgan fingerprint density at radius 1 is 1.21 bits per heavy atom. The molecule has 1 saturated carbocycles. The number of H-pyrrole nitrogens is 1. The second-order valence-electron chi connectivity index (χ2n) is 7.44. The lowest BCUT2D eigenvalue weighted by Gasteiger charge is -2.33. The number of unbranched alkanes of at least 4 members (excludes halogenated alkanes) is 1. The quantitative estimate of drug-likeness (QED) is 0.532. The smallest absolute Gasteiger partial charge is 0.183 e. The Balaban J connectivity index is 1.57. The summed E-state index contributed by atoms with van der Waals surface area (Å²) < 4.78 is 14.5. The van der Waals surface area contributed by atoms with Gasteiger partial charge in [0, 0.05) is 35.4 Å². The van der Waals surface area contributed by atoms with Crippen molar-refractivity contribution in [2.75, 3.05) is 11.9 Å². The molecule has 2 atom stereocenters. The van der Waals surface area contributed by atoms with E-state index in [2.05, 4.69) is 37.5 Å². The van der Waals surface area contributed by atoms with Gasteiger partial charge < -0.3 is 15.6 Å². The number of anilines is 1. The van der Waals surface area contributed by atoms with Gasteiger partial charge in [-0.05, 0) is 37.9 Å². The minimum absolute atomic E-state index is 0.174. The van der Waals surface area contributed by atoms with Crippen molar-refractivity contribution in [3.63, 3.8) is 0 Å². The molecule has 0 amide bonds. The second-order valence-corrected chi connectivity index (χ2v) is 7.44. The zero-order valence-corrected chi connectivity index (χ0v) is 16.2. The molecule has 0 saturated heterocycles. The van der Waals surface area contributed by atoms with Crippen LogP contribution in [0, 0.1) is 5.82 Å². The van der Waals surface area contributed by atoms with Gasteiger partial charge in [0.15, 0.2) is 17.5 Å². The number of hydrogen-bond donors (Lipinski definition) is 3. The summed E-state index contributed by atoms with van der Waals surface area (Å²) in [6, 6.07) is 4.35. The Bertz CT molecular complexity index is 924. The molecule has 7 heteroatoms. The molecule has 4 rings (SSSR count). The number of nitrogens with zero attached hydrogens (tertiary/aromatic N) is 3. The van der Waals surface area contributed by atoms with Gasteiger partial charge in [0.1, 0.15) is 5.65 Å². The Kier molecular flexibility index (Phi) is 5.81. The van der Waals surface area contributed by atoms with Crippen LogP contribution in [0.3, 0.4) is 0 Å². The summed E-state index contributed by atoms with van der Waals surface area (Å²) in [5, 5.41) is 7.93. The number of fused-ring (bicyclic) bond motifs is 1. The summed E-state index contributed by atoms with van der Waals surface area (Å²) >= 11 is 0. The summed E-state index contributed by atoms with van der Waals surface area (Å²) in [7, 11) is 0. The van der Waals surface area contributed by atoms with Gasteiger partial charge in [-0.15, -0.1) is 0 Å². The van der Waals surface area contributed by atoms with E-state index >= 15 is 0 Å². The zero-order valence-electron chi connectivity index (χ0n) is 16.2. The van der Waals surface area contributed by atoms with E-state index < -0.39 is 5.82 Å². The van der Waals surface area contributed by atoms with E-state index in [0.717, 1.165) is 48.8 Å². The van der Waals surface area contributed by atoms with Crippen molar-refractivity contribution >= 4 is 16.9 Å². The highest BCUT2D eigenvalue weighted by molar-refractivity contribution is 5.91. The molecule has 0 bridgehead atoms. The van der Waals surface area contributed by atoms with Crippen LogP contribution in [0.25, 0.3) is 22.4 Å². The molecule has 0 radical (unpaired) electrons. The molecule has 3 heterocycles. The molecular formula is C21H27FN6. The highest BCUT2D eigenvalue weighted by atomic mass is 19.1. The number of hydrogen-bond acceptors (Lipinski definition) is 5. The fourth-order valence-electron chi connectivity index (χ4n) is 3.93. The summed E-state index contributed by atoms with van der Waals surface area (Å²) in [6.07, 6.45) is 11.6. The van der Waals surface area contributed by atoms with Crippen LogP contribution < -0.4 is 10.6 Å². The molecule has 28 heavy (non-hydrogen) atoms. The van der Waals surface area contributed by atoms with E-state index in [1.54, 1.807) is 6.20 Å². The molecule has 3 N–H and O–H groups in total. The summed E-state index contributed by atoms with van der Waals surface area (Å²) in [6.45, 7) is 3.19. The number of rotatable bonds is 7. The lowest BCUT2D eigenvalue weighted by Crippen LogP contribution is -2.46. The van der Waals surface area contributed by atoms with E-state index in [1.807, 2.05) is 18.3 Å². The van der Waals surface area contributed by atoms with Crippen molar-refractivity contribution in [3.05, 3.63) is 36.5 Å². The second kappa shape index (κ2) is 8.65. The first-order chi connectivity index (χ1) is 13.8. The lowest BCUT2D eigenvalue weighted by atomic mass is 9.90. The van der Waals surface area contributed by atoms with Crippen LogP contribution >= 0.6 is 0 Å². The van der Waals surface area contributed by atoms with Gasteiger partial charge in [-0.3, -0.25) is 0 Å². The third-order valence-corrected chi connectivity index (χ3v) is 5.46.